The smallest absolute Gasteiger partial charge is 0.213 e. The van der Waals surface area contributed by atoms with Gasteiger partial charge in [0, 0.05) is 26.8 Å². The molecule has 88 valence electrons. The van der Waals surface area contributed by atoms with Gasteiger partial charge in [-0.25, -0.2) is 4.98 Å². The number of hydrogen-bond acceptors (Lipinski definition) is 2. The Labute approximate surface area is 117 Å². The van der Waals surface area contributed by atoms with Crippen LogP contribution in [0.25, 0.3) is 0 Å². The molecule has 0 atom stereocenters. The van der Waals surface area contributed by atoms with E-state index in [9.17, 15) is 0 Å². The number of ether oxygens (including phenoxy) is 1. The maximum atomic E-state index is 5.65. The zero-order valence-electron chi connectivity index (χ0n) is 9.28. The van der Waals surface area contributed by atoms with Crippen LogP contribution >= 0.6 is 31.9 Å². The number of nitrogens with zero attached hydrogens (tertiary/aromatic N) is 1. The molecule has 0 aliphatic heterocycles. The molecule has 0 radical (unpaired) electrons. The zero-order valence-corrected chi connectivity index (χ0v) is 12.5. The predicted molar refractivity (Wildman–Crippen MR) is 75.1 cm³/mol. The summed E-state index contributed by atoms with van der Waals surface area (Å²) in [6.07, 6.45) is 1.75. The molecular weight excluding hydrogens is 346 g/mol. The van der Waals surface area contributed by atoms with E-state index in [2.05, 4.69) is 36.8 Å². The summed E-state index contributed by atoms with van der Waals surface area (Å²) in [5.41, 5.74) is 2.22. The largest absolute Gasteiger partial charge is 0.473 e. The van der Waals surface area contributed by atoms with E-state index in [0.717, 1.165) is 20.1 Å². The number of benzene rings is 1. The van der Waals surface area contributed by atoms with Crippen LogP contribution in [-0.2, 0) is 6.61 Å². The molecule has 0 saturated carbocycles. The van der Waals surface area contributed by atoms with Gasteiger partial charge in [0.1, 0.15) is 6.61 Å². The number of pyridine rings is 1. The lowest BCUT2D eigenvalue weighted by Gasteiger charge is -2.08. The molecule has 2 rings (SSSR count). The Balaban J connectivity index is 2.08. The first-order valence-corrected chi connectivity index (χ1v) is 6.74. The topological polar surface area (TPSA) is 22.1 Å². The fourth-order valence-electron chi connectivity index (χ4n) is 1.36. The molecule has 4 heteroatoms. The minimum atomic E-state index is 0.509. The van der Waals surface area contributed by atoms with Crippen LogP contribution in [0.15, 0.2) is 45.5 Å². The van der Waals surface area contributed by atoms with Crippen LogP contribution in [0.5, 0.6) is 5.88 Å². The molecule has 17 heavy (non-hydrogen) atoms. The highest BCUT2D eigenvalue weighted by molar-refractivity contribution is 9.10. The second-order valence-corrected chi connectivity index (χ2v) is 5.36. The summed E-state index contributed by atoms with van der Waals surface area (Å²) < 4.78 is 7.69. The van der Waals surface area contributed by atoms with Gasteiger partial charge < -0.3 is 4.74 Å². The summed E-state index contributed by atoms with van der Waals surface area (Å²) in [6, 6.07) is 9.91. The first-order chi connectivity index (χ1) is 8.16. The molecule has 1 aromatic carbocycles. The van der Waals surface area contributed by atoms with Gasteiger partial charge in [-0.1, -0.05) is 34.1 Å². The summed E-state index contributed by atoms with van der Waals surface area (Å²) in [4.78, 5) is 4.20. The average Bonchev–Trinajstić information content (AvgIpc) is 2.32. The second kappa shape index (κ2) is 5.65. The Morgan fingerprint density at radius 1 is 1.18 bits per heavy atom. The average molecular weight is 357 g/mol. The van der Waals surface area contributed by atoms with Crippen LogP contribution in [0.3, 0.4) is 0 Å². The lowest BCUT2D eigenvalue weighted by Crippen LogP contribution is -1.98. The van der Waals surface area contributed by atoms with Crippen molar-refractivity contribution in [3.05, 3.63) is 56.6 Å². The van der Waals surface area contributed by atoms with Crippen LogP contribution < -0.4 is 4.74 Å². The molecule has 0 bridgehead atoms. The Morgan fingerprint density at radius 3 is 2.65 bits per heavy atom. The second-order valence-electron chi connectivity index (χ2n) is 3.65. The lowest BCUT2D eigenvalue weighted by molar-refractivity contribution is 0.293. The third-order valence-electron chi connectivity index (χ3n) is 2.36. The van der Waals surface area contributed by atoms with Gasteiger partial charge in [0.15, 0.2) is 0 Å². The standard InChI is InChI=1S/C13H11Br2NO/c1-9-6-13(16-7-12(9)15)17-8-10-4-2-3-5-11(10)14/h2-7H,8H2,1H3. The molecule has 0 fully saturated rings. The van der Waals surface area contributed by atoms with Crippen LogP contribution in [0, 0.1) is 6.92 Å². The van der Waals surface area contributed by atoms with E-state index < -0.39 is 0 Å². The Bertz CT molecular complexity index is 529. The molecule has 0 spiro atoms. The number of rotatable bonds is 3. The number of halogens is 2. The molecule has 2 nitrogen and oxygen atoms in total. The van der Waals surface area contributed by atoms with E-state index >= 15 is 0 Å². The molecule has 0 aliphatic rings. The molecule has 0 aliphatic carbocycles. The van der Waals surface area contributed by atoms with Crippen molar-refractivity contribution in [2.75, 3.05) is 0 Å². The SMILES string of the molecule is Cc1cc(OCc2ccccc2Br)ncc1Br. The molecule has 0 unspecified atom stereocenters. The number of aromatic nitrogens is 1. The number of aryl methyl sites for hydroxylation is 1. The fourth-order valence-corrected chi connectivity index (χ4v) is 1.98. The minimum Gasteiger partial charge on any atom is -0.473 e. The molecular formula is C13H11Br2NO. The highest BCUT2D eigenvalue weighted by Crippen LogP contribution is 2.21. The van der Waals surface area contributed by atoms with Gasteiger partial charge in [-0.05, 0) is 34.5 Å². The van der Waals surface area contributed by atoms with E-state index in [-0.39, 0.29) is 0 Å². The molecule has 0 N–H and O–H groups in total. The highest BCUT2D eigenvalue weighted by Gasteiger charge is 2.02. The molecule has 1 heterocycles. The van der Waals surface area contributed by atoms with Crippen molar-refractivity contribution < 1.29 is 4.74 Å². The van der Waals surface area contributed by atoms with Gasteiger partial charge in [-0.15, -0.1) is 0 Å². The Hall–Kier alpha value is -0.870. The van der Waals surface area contributed by atoms with E-state index in [1.165, 1.54) is 0 Å². The van der Waals surface area contributed by atoms with E-state index in [4.69, 9.17) is 4.74 Å². The van der Waals surface area contributed by atoms with Crippen molar-refractivity contribution >= 4 is 31.9 Å². The van der Waals surface area contributed by atoms with Crippen molar-refractivity contribution in [2.45, 2.75) is 13.5 Å². The summed E-state index contributed by atoms with van der Waals surface area (Å²) in [7, 11) is 0. The van der Waals surface area contributed by atoms with Crippen LogP contribution in [0.4, 0.5) is 0 Å². The predicted octanol–water partition coefficient (Wildman–Crippen LogP) is 4.49. The van der Waals surface area contributed by atoms with Crippen molar-refractivity contribution in [2.24, 2.45) is 0 Å². The molecule has 0 saturated heterocycles. The van der Waals surface area contributed by atoms with Gasteiger partial charge in [-0.3, -0.25) is 0 Å². The van der Waals surface area contributed by atoms with Crippen LogP contribution in [0.1, 0.15) is 11.1 Å². The van der Waals surface area contributed by atoms with Crippen molar-refractivity contribution in [1.82, 2.24) is 4.98 Å². The first-order valence-electron chi connectivity index (χ1n) is 5.15. The quantitative estimate of drug-likeness (QED) is 0.808. The number of hydrogen-bond donors (Lipinski definition) is 0. The first kappa shape index (κ1) is 12.6. The van der Waals surface area contributed by atoms with E-state index in [1.54, 1.807) is 6.20 Å². The summed E-state index contributed by atoms with van der Waals surface area (Å²) in [5.74, 6) is 0.640. The van der Waals surface area contributed by atoms with Crippen molar-refractivity contribution in [3.8, 4) is 5.88 Å². The van der Waals surface area contributed by atoms with Gasteiger partial charge in [0.25, 0.3) is 0 Å². The van der Waals surface area contributed by atoms with Crippen molar-refractivity contribution in [3.63, 3.8) is 0 Å². The van der Waals surface area contributed by atoms with Gasteiger partial charge >= 0.3 is 0 Å². The molecule has 0 amide bonds. The van der Waals surface area contributed by atoms with E-state index in [1.807, 2.05) is 37.3 Å². The summed E-state index contributed by atoms with van der Waals surface area (Å²) in [5, 5.41) is 0. The summed E-state index contributed by atoms with van der Waals surface area (Å²) in [6.45, 7) is 2.52. The van der Waals surface area contributed by atoms with Crippen molar-refractivity contribution in [1.29, 1.82) is 0 Å². The van der Waals surface area contributed by atoms with Crippen LogP contribution in [-0.4, -0.2) is 4.98 Å². The third kappa shape index (κ3) is 3.30. The third-order valence-corrected chi connectivity index (χ3v) is 3.96. The highest BCUT2D eigenvalue weighted by atomic mass is 79.9. The van der Waals surface area contributed by atoms with E-state index in [0.29, 0.717) is 12.5 Å². The Morgan fingerprint density at radius 2 is 1.94 bits per heavy atom. The fraction of sp³-hybridized carbons (Fsp3) is 0.154. The maximum Gasteiger partial charge on any atom is 0.213 e. The lowest BCUT2D eigenvalue weighted by atomic mass is 10.2. The van der Waals surface area contributed by atoms with Gasteiger partial charge in [-0.2, -0.15) is 0 Å². The summed E-state index contributed by atoms with van der Waals surface area (Å²) >= 11 is 6.90. The maximum absolute atomic E-state index is 5.65. The van der Waals surface area contributed by atoms with Crippen LogP contribution in [0.2, 0.25) is 0 Å². The zero-order chi connectivity index (χ0) is 12.3. The molecule has 2 aromatic rings. The molecule has 1 aromatic heterocycles. The monoisotopic (exact) mass is 355 g/mol. The Kier molecular flexibility index (Phi) is 4.18. The minimum absolute atomic E-state index is 0.509. The van der Waals surface area contributed by atoms with Gasteiger partial charge in [0.2, 0.25) is 5.88 Å². The van der Waals surface area contributed by atoms with Gasteiger partial charge in [0.05, 0.1) is 0 Å². The normalized spacial score (nSPS) is 10.3.